The first kappa shape index (κ1) is 58.7. The summed E-state index contributed by atoms with van der Waals surface area (Å²) in [7, 11) is 0. The third-order valence-corrected chi connectivity index (χ3v) is 12.1. The fourth-order valence-corrected chi connectivity index (χ4v) is 8.22. The number of rotatable bonds is 44. The Kier molecular flexibility index (Phi) is 38.3. The molecule has 13 heteroatoms. The Balaban J connectivity index is 2.88. The van der Waals surface area contributed by atoms with Crippen LogP contribution in [0, 0.1) is 5.92 Å². The predicted octanol–water partition coefficient (Wildman–Crippen LogP) is 9.03. The molecule has 1 saturated heterocycles. The summed E-state index contributed by atoms with van der Waals surface area (Å²) in [4.78, 5) is 57.3. The molecule has 1 aliphatic heterocycles. The Bertz CT molecular complexity index is 1110. The molecule has 0 bridgehead atoms. The second-order valence-corrected chi connectivity index (χ2v) is 17.8. The fourth-order valence-electron chi connectivity index (χ4n) is 8.22. The van der Waals surface area contributed by atoms with E-state index in [1.165, 1.54) is 75.5 Å². The second kappa shape index (κ2) is 41.1. The molecular formula is C50H95N3O10. The van der Waals surface area contributed by atoms with E-state index in [9.17, 15) is 29.4 Å². The summed E-state index contributed by atoms with van der Waals surface area (Å²) in [6, 6.07) is -0.856. The van der Waals surface area contributed by atoms with Crippen molar-refractivity contribution in [3.63, 3.8) is 0 Å². The van der Waals surface area contributed by atoms with Crippen LogP contribution in [-0.2, 0) is 38.1 Å². The lowest BCUT2D eigenvalue weighted by Gasteiger charge is -2.25. The summed E-state index contributed by atoms with van der Waals surface area (Å²) in [6.07, 6.45) is 26.0. The summed E-state index contributed by atoms with van der Waals surface area (Å²) >= 11 is 0. The van der Waals surface area contributed by atoms with Gasteiger partial charge in [-0.2, -0.15) is 0 Å². The van der Waals surface area contributed by atoms with Crippen LogP contribution in [0.1, 0.15) is 207 Å². The standard InChI is InChI=1S/C50H95N3O10/c1-5-9-13-17-20-24-28-43(27-23-16-12-8-4)50(59)63-44-41-45(49(58)51-32-33-52(34-36-54)35-37-55)53(42-44)46(56)31-40-60-47(57)29-30-48(61-38-25-21-18-14-10-6-2)62-39-26-22-19-15-11-7-3/h43-45,48,54-55H,5-42H2,1-4H3,(H,51,58). The number of hydrogen-bond donors (Lipinski definition) is 3. The van der Waals surface area contributed by atoms with Gasteiger partial charge in [0, 0.05) is 52.2 Å². The number of likely N-dealkylation sites (tertiary alicyclic amines) is 1. The van der Waals surface area contributed by atoms with E-state index >= 15 is 0 Å². The van der Waals surface area contributed by atoms with Crippen LogP contribution >= 0.6 is 0 Å². The molecule has 63 heavy (non-hydrogen) atoms. The van der Waals surface area contributed by atoms with Crippen LogP contribution in [0.3, 0.4) is 0 Å². The first-order chi connectivity index (χ1) is 30.7. The number of unbranched alkanes of at least 4 members (excludes halogenated alkanes) is 18. The molecule has 0 aromatic rings. The summed E-state index contributed by atoms with van der Waals surface area (Å²) in [5, 5.41) is 21.7. The van der Waals surface area contributed by atoms with E-state index < -0.39 is 24.4 Å². The van der Waals surface area contributed by atoms with Gasteiger partial charge in [0.05, 0.1) is 38.5 Å². The van der Waals surface area contributed by atoms with E-state index in [0.717, 1.165) is 83.5 Å². The molecule has 0 radical (unpaired) electrons. The number of ether oxygens (including phenoxy) is 4. The Morgan fingerprint density at radius 3 is 1.63 bits per heavy atom. The lowest BCUT2D eigenvalue weighted by Crippen LogP contribution is -2.48. The van der Waals surface area contributed by atoms with Crippen molar-refractivity contribution in [3.05, 3.63) is 0 Å². The van der Waals surface area contributed by atoms with Crippen LogP contribution < -0.4 is 5.32 Å². The highest BCUT2D eigenvalue weighted by Gasteiger charge is 2.41. The van der Waals surface area contributed by atoms with E-state index in [4.69, 9.17) is 18.9 Å². The van der Waals surface area contributed by atoms with Crippen molar-refractivity contribution in [2.24, 2.45) is 5.92 Å². The third-order valence-electron chi connectivity index (χ3n) is 12.1. The highest BCUT2D eigenvalue weighted by atomic mass is 16.7. The fraction of sp³-hybridized carbons (Fsp3) is 0.920. The number of amides is 2. The summed E-state index contributed by atoms with van der Waals surface area (Å²) in [5.41, 5.74) is 0. The maximum Gasteiger partial charge on any atom is 0.309 e. The van der Waals surface area contributed by atoms with Gasteiger partial charge in [-0.05, 0) is 25.7 Å². The Morgan fingerprint density at radius 2 is 1.11 bits per heavy atom. The van der Waals surface area contributed by atoms with E-state index in [0.29, 0.717) is 39.3 Å². The molecule has 3 unspecified atom stereocenters. The molecule has 1 fully saturated rings. The van der Waals surface area contributed by atoms with Gasteiger partial charge in [-0.3, -0.25) is 24.1 Å². The van der Waals surface area contributed by atoms with Gasteiger partial charge in [0.15, 0.2) is 6.29 Å². The van der Waals surface area contributed by atoms with Crippen molar-refractivity contribution in [2.75, 3.05) is 65.8 Å². The molecule has 3 N–H and O–H groups in total. The van der Waals surface area contributed by atoms with Crippen molar-refractivity contribution < 1.29 is 48.3 Å². The molecule has 0 saturated carbocycles. The molecular weight excluding hydrogens is 803 g/mol. The van der Waals surface area contributed by atoms with Gasteiger partial charge in [-0.25, -0.2) is 0 Å². The zero-order valence-electron chi connectivity index (χ0n) is 40.7. The zero-order valence-corrected chi connectivity index (χ0v) is 40.7. The lowest BCUT2D eigenvalue weighted by atomic mass is 9.94. The maximum absolute atomic E-state index is 13.7. The van der Waals surface area contributed by atoms with Crippen molar-refractivity contribution >= 4 is 23.8 Å². The lowest BCUT2D eigenvalue weighted by molar-refractivity contribution is -0.160. The topological polar surface area (TPSA) is 164 Å². The highest BCUT2D eigenvalue weighted by molar-refractivity contribution is 5.88. The number of hydrogen-bond acceptors (Lipinski definition) is 11. The first-order valence-electron chi connectivity index (χ1n) is 25.8. The molecule has 3 atom stereocenters. The number of aliphatic hydroxyl groups excluding tert-OH is 2. The molecule has 1 aliphatic rings. The minimum atomic E-state index is -0.856. The van der Waals surface area contributed by atoms with Crippen molar-refractivity contribution in [1.29, 1.82) is 0 Å². The molecule has 13 nitrogen and oxygen atoms in total. The van der Waals surface area contributed by atoms with Crippen molar-refractivity contribution in [2.45, 2.75) is 226 Å². The van der Waals surface area contributed by atoms with Crippen molar-refractivity contribution in [1.82, 2.24) is 15.1 Å². The van der Waals surface area contributed by atoms with E-state index in [1.807, 2.05) is 4.90 Å². The number of aliphatic hydroxyl groups is 2. The molecule has 0 aliphatic carbocycles. The van der Waals surface area contributed by atoms with Gasteiger partial charge < -0.3 is 39.4 Å². The SMILES string of the molecule is CCCCCCCCOC(CCC(=O)OCCC(=O)N1CC(OC(=O)C(CCCCCC)CCCCCCCC)CC1C(=O)NCCN(CCO)CCO)OCCCCCCCC. The van der Waals surface area contributed by atoms with Crippen molar-refractivity contribution in [3.8, 4) is 0 Å². The number of esters is 2. The monoisotopic (exact) mass is 898 g/mol. The van der Waals surface area contributed by atoms with Gasteiger partial charge in [-0.15, -0.1) is 0 Å². The average Bonchev–Trinajstić information content (AvgIpc) is 3.70. The number of nitrogens with zero attached hydrogens (tertiary/aromatic N) is 2. The first-order valence-corrected chi connectivity index (χ1v) is 25.8. The van der Waals surface area contributed by atoms with E-state index in [1.54, 1.807) is 0 Å². The zero-order chi connectivity index (χ0) is 46.2. The van der Waals surface area contributed by atoms with Gasteiger partial charge in [0.2, 0.25) is 11.8 Å². The summed E-state index contributed by atoms with van der Waals surface area (Å²) in [6.45, 7) is 11.1. The predicted molar refractivity (Wildman–Crippen MR) is 251 cm³/mol. The quantitative estimate of drug-likeness (QED) is 0.0304. The Labute approximate surface area is 383 Å². The number of nitrogens with one attached hydrogen (secondary N) is 1. The summed E-state index contributed by atoms with van der Waals surface area (Å²) < 4.78 is 23.8. The van der Waals surface area contributed by atoms with Crippen LogP contribution in [-0.4, -0.2) is 128 Å². The number of carbonyl (C=O) groups is 4. The molecule has 1 rings (SSSR count). The second-order valence-electron chi connectivity index (χ2n) is 17.8. The van der Waals surface area contributed by atoms with Crippen LogP contribution in [0.4, 0.5) is 0 Å². The highest BCUT2D eigenvalue weighted by Crippen LogP contribution is 2.26. The molecule has 370 valence electrons. The largest absolute Gasteiger partial charge is 0.465 e. The smallest absolute Gasteiger partial charge is 0.309 e. The maximum atomic E-state index is 13.7. The normalized spacial score (nSPS) is 15.7. The Hall–Kier alpha value is -2.32. The van der Waals surface area contributed by atoms with Gasteiger partial charge in [-0.1, -0.05) is 156 Å². The minimum absolute atomic E-state index is 0.0738. The molecule has 0 aromatic heterocycles. The molecule has 2 amide bonds. The van der Waals surface area contributed by atoms with Gasteiger partial charge in [0.25, 0.3) is 0 Å². The third kappa shape index (κ3) is 30.5. The van der Waals surface area contributed by atoms with E-state index in [-0.39, 0.29) is 75.9 Å². The van der Waals surface area contributed by atoms with Gasteiger partial charge in [0.1, 0.15) is 18.8 Å². The van der Waals surface area contributed by atoms with Crippen LogP contribution in [0.2, 0.25) is 0 Å². The van der Waals surface area contributed by atoms with Crippen LogP contribution in [0.15, 0.2) is 0 Å². The summed E-state index contributed by atoms with van der Waals surface area (Å²) in [5.74, 6) is -1.61. The van der Waals surface area contributed by atoms with Gasteiger partial charge >= 0.3 is 11.9 Å². The van der Waals surface area contributed by atoms with Crippen LogP contribution in [0.5, 0.6) is 0 Å². The average molecular weight is 898 g/mol. The van der Waals surface area contributed by atoms with Crippen LogP contribution in [0.25, 0.3) is 0 Å². The van der Waals surface area contributed by atoms with E-state index in [2.05, 4.69) is 33.0 Å². The Morgan fingerprint density at radius 1 is 0.619 bits per heavy atom. The number of carbonyl (C=O) groups excluding carboxylic acids is 4. The minimum Gasteiger partial charge on any atom is -0.465 e. The molecule has 0 aromatic carbocycles. The molecule has 1 heterocycles. The molecule has 0 spiro atoms.